The topological polar surface area (TPSA) is 92.3 Å². The first kappa shape index (κ1) is 20.5. The highest BCUT2D eigenvalue weighted by molar-refractivity contribution is 7.91. The number of rotatable bonds is 6. The highest BCUT2D eigenvalue weighted by Crippen LogP contribution is 2.20. The van der Waals surface area contributed by atoms with Crippen LogP contribution in [0.25, 0.3) is 0 Å². The van der Waals surface area contributed by atoms with E-state index in [4.69, 9.17) is 0 Å². The number of anilines is 1. The van der Waals surface area contributed by atoms with Gasteiger partial charge >= 0.3 is 5.76 Å². The predicted octanol–water partition coefficient (Wildman–Crippen LogP) is 2.67. The molecule has 0 heterocycles. The van der Waals surface area contributed by atoms with Gasteiger partial charge in [0.2, 0.25) is 15.7 Å². The molecular formula is C18H18F2N2O4S. The van der Waals surface area contributed by atoms with Gasteiger partial charge in [-0.2, -0.15) is 8.78 Å². The molecule has 0 saturated carbocycles. The Labute approximate surface area is 155 Å². The van der Waals surface area contributed by atoms with Crippen molar-refractivity contribution in [2.75, 3.05) is 11.9 Å². The van der Waals surface area contributed by atoms with Gasteiger partial charge in [0, 0.05) is 11.3 Å². The van der Waals surface area contributed by atoms with Gasteiger partial charge < -0.3 is 10.6 Å². The molecule has 0 saturated heterocycles. The summed E-state index contributed by atoms with van der Waals surface area (Å²) < 4.78 is 47.7. The summed E-state index contributed by atoms with van der Waals surface area (Å²) in [7, 11) is -4.72. The zero-order chi connectivity index (χ0) is 20.2. The van der Waals surface area contributed by atoms with E-state index in [1.807, 2.05) is 32.0 Å². The van der Waals surface area contributed by atoms with Crippen molar-refractivity contribution in [3.05, 3.63) is 59.2 Å². The maximum absolute atomic E-state index is 12.5. The maximum Gasteiger partial charge on any atom is 0.341 e. The fraction of sp³-hybridized carbons (Fsp3) is 0.222. The number of benzene rings is 2. The van der Waals surface area contributed by atoms with E-state index in [0.29, 0.717) is 5.69 Å². The zero-order valence-electron chi connectivity index (χ0n) is 14.6. The Morgan fingerprint density at radius 3 is 2.07 bits per heavy atom. The number of aryl methyl sites for hydroxylation is 2. The van der Waals surface area contributed by atoms with Crippen molar-refractivity contribution in [2.45, 2.75) is 24.5 Å². The van der Waals surface area contributed by atoms with E-state index in [-0.39, 0.29) is 12.1 Å². The fourth-order valence-electron chi connectivity index (χ4n) is 2.36. The molecular weight excluding hydrogens is 378 g/mol. The van der Waals surface area contributed by atoms with Gasteiger partial charge in [0.15, 0.2) is 0 Å². The Bertz CT molecular complexity index is 938. The van der Waals surface area contributed by atoms with Crippen LogP contribution in [0, 0.1) is 13.8 Å². The average Bonchev–Trinajstić information content (AvgIpc) is 2.63. The molecule has 0 atom stereocenters. The predicted molar refractivity (Wildman–Crippen MR) is 96.5 cm³/mol. The molecule has 2 aromatic rings. The Hall–Kier alpha value is -2.81. The van der Waals surface area contributed by atoms with E-state index in [2.05, 4.69) is 10.6 Å². The van der Waals surface area contributed by atoms with Crippen LogP contribution in [0.2, 0.25) is 0 Å². The monoisotopic (exact) mass is 396 g/mol. The van der Waals surface area contributed by atoms with E-state index < -0.39 is 32.3 Å². The summed E-state index contributed by atoms with van der Waals surface area (Å²) >= 11 is 0. The summed E-state index contributed by atoms with van der Waals surface area (Å²) in [6.07, 6.45) is 0. The molecule has 2 N–H and O–H groups in total. The van der Waals surface area contributed by atoms with Crippen molar-refractivity contribution in [3.63, 3.8) is 0 Å². The first-order valence-electron chi connectivity index (χ1n) is 7.89. The van der Waals surface area contributed by atoms with Gasteiger partial charge in [-0.1, -0.05) is 18.2 Å². The highest BCUT2D eigenvalue weighted by Gasteiger charge is 2.26. The SMILES string of the molecule is Cc1cccc(C)c1NC(=O)CNC(=O)c1ccc(S(=O)(=O)C(F)F)cc1. The summed E-state index contributed by atoms with van der Waals surface area (Å²) in [6.45, 7) is 3.39. The van der Waals surface area contributed by atoms with Crippen molar-refractivity contribution in [1.29, 1.82) is 0 Å². The second kappa shape index (κ2) is 8.26. The number of sulfone groups is 1. The van der Waals surface area contributed by atoms with E-state index in [1.165, 1.54) is 0 Å². The molecule has 2 amide bonds. The standard InChI is InChI=1S/C18H18F2N2O4S/c1-11-4-3-5-12(2)16(11)22-15(23)10-21-17(24)13-6-8-14(9-7-13)27(25,26)18(19)20/h3-9,18H,10H2,1-2H3,(H,21,24)(H,22,23). The first-order chi connectivity index (χ1) is 12.6. The molecule has 144 valence electrons. The summed E-state index contributed by atoms with van der Waals surface area (Å²) in [4.78, 5) is 23.5. The lowest BCUT2D eigenvalue weighted by atomic mass is 10.1. The number of nitrogens with one attached hydrogen (secondary N) is 2. The van der Waals surface area contributed by atoms with Crippen molar-refractivity contribution in [3.8, 4) is 0 Å². The second-order valence-corrected chi connectivity index (χ2v) is 7.75. The molecule has 0 bridgehead atoms. The van der Waals surface area contributed by atoms with Gasteiger partial charge in [0.25, 0.3) is 5.91 Å². The summed E-state index contributed by atoms with van der Waals surface area (Å²) in [5, 5.41) is 5.10. The lowest BCUT2D eigenvalue weighted by Gasteiger charge is -2.12. The molecule has 9 heteroatoms. The van der Waals surface area contributed by atoms with Gasteiger partial charge in [-0.25, -0.2) is 8.42 Å². The molecule has 0 aliphatic rings. The Morgan fingerprint density at radius 1 is 1.00 bits per heavy atom. The minimum absolute atomic E-state index is 0.0445. The molecule has 6 nitrogen and oxygen atoms in total. The maximum atomic E-state index is 12.5. The van der Waals surface area contributed by atoms with Crippen LogP contribution in [0.3, 0.4) is 0 Å². The zero-order valence-corrected chi connectivity index (χ0v) is 15.4. The molecule has 0 fully saturated rings. The first-order valence-corrected chi connectivity index (χ1v) is 9.44. The molecule has 0 spiro atoms. The fourth-order valence-corrected chi connectivity index (χ4v) is 3.08. The Balaban J connectivity index is 1.98. The molecule has 2 aromatic carbocycles. The third-order valence-electron chi connectivity index (χ3n) is 3.83. The summed E-state index contributed by atoms with van der Waals surface area (Å²) in [5.74, 6) is -4.60. The van der Waals surface area contributed by atoms with Gasteiger partial charge in [-0.3, -0.25) is 9.59 Å². The number of carbonyl (C=O) groups is 2. The number of amides is 2. The van der Waals surface area contributed by atoms with Crippen LogP contribution < -0.4 is 10.6 Å². The molecule has 0 aliphatic carbocycles. The number of alkyl halides is 2. The lowest BCUT2D eigenvalue weighted by Crippen LogP contribution is -2.33. The van der Waals surface area contributed by atoms with Crippen LogP contribution in [0.4, 0.5) is 14.5 Å². The second-order valence-electron chi connectivity index (χ2n) is 5.83. The van der Waals surface area contributed by atoms with Crippen LogP contribution in [-0.4, -0.2) is 32.5 Å². The van der Waals surface area contributed by atoms with Crippen molar-refractivity contribution >= 4 is 27.3 Å². The van der Waals surface area contributed by atoms with Crippen LogP contribution in [0.5, 0.6) is 0 Å². The largest absolute Gasteiger partial charge is 0.343 e. The van der Waals surface area contributed by atoms with Crippen molar-refractivity contribution < 1.29 is 26.8 Å². The van der Waals surface area contributed by atoms with E-state index in [0.717, 1.165) is 35.4 Å². The Morgan fingerprint density at radius 2 is 1.56 bits per heavy atom. The quantitative estimate of drug-likeness (QED) is 0.785. The normalized spacial score (nSPS) is 11.3. The minimum atomic E-state index is -4.72. The molecule has 0 unspecified atom stereocenters. The van der Waals surface area contributed by atoms with Crippen LogP contribution >= 0.6 is 0 Å². The average molecular weight is 396 g/mol. The molecule has 0 radical (unpaired) electrons. The molecule has 0 aliphatic heterocycles. The number of para-hydroxylation sites is 1. The van der Waals surface area contributed by atoms with Crippen LogP contribution in [0.15, 0.2) is 47.4 Å². The lowest BCUT2D eigenvalue weighted by molar-refractivity contribution is -0.115. The number of carbonyl (C=O) groups excluding carboxylic acids is 2. The molecule has 0 aromatic heterocycles. The van der Waals surface area contributed by atoms with E-state index in [9.17, 15) is 26.8 Å². The minimum Gasteiger partial charge on any atom is -0.343 e. The van der Waals surface area contributed by atoms with Crippen molar-refractivity contribution in [2.24, 2.45) is 0 Å². The molecule has 2 rings (SSSR count). The van der Waals surface area contributed by atoms with Crippen molar-refractivity contribution in [1.82, 2.24) is 5.32 Å². The summed E-state index contributed by atoms with van der Waals surface area (Å²) in [5.41, 5.74) is 2.47. The van der Waals surface area contributed by atoms with E-state index >= 15 is 0 Å². The summed E-state index contributed by atoms with van der Waals surface area (Å²) in [6, 6.07) is 9.61. The number of halogens is 2. The van der Waals surface area contributed by atoms with E-state index in [1.54, 1.807) is 0 Å². The van der Waals surface area contributed by atoms with Crippen LogP contribution in [0.1, 0.15) is 21.5 Å². The van der Waals surface area contributed by atoms with Crippen LogP contribution in [-0.2, 0) is 14.6 Å². The smallest absolute Gasteiger partial charge is 0.341 e. The third kappa shape index (κ3) is 4.88. The van der Waals surface area contributed by atoms with Gasteiger partial charge in [-0.05, 0) is 49.2 Å². The highest BCUT2D eigenvalue weighted by atomic mass is 32.2. The number of hydrogen-bond donors (Lipinski definition) is 2. The Kier molecular flexibility index (Phi) is 6.27. The third-order valence-corrected chi connectivity index (χ3v) is 5.23. The van der Waals surface area contributed by atoms with Gasteiger partial charge in [-0.15, -0.1) is 0 Å². The van der Waals surface area contributed by atoms with Gasteiger partial charge in [0.05, 0.1) is 11.4 Å². The van der Waals surface area contributed by atoms with Gasteiger partial charge in [0.1, 0.15) is 0 Å². The number of hydrogen-bond acceptors (Lipinski definition) is 4. The molecule has 27 heavy (non-hydrogen) atoms.